The molecule has 3 rings (SSSR count). The average molecular weight is 251 g/mol. The summed E-state index contributed by atoms with van der Waals surface area (Å²) in [7, 11) is 0. The maximum Gasteiger partial charge on any atom is 0.298 e. The molecule has 0 N–H and O–H groups in total. The summed E-state index contributed by atoms with van der Waals surface area (Å²) in [6.07, 6.45) is 2.42. The number of halogens is 1. The molecule has 3 nitrogen and oxygen atoms in total. The van der Waals surface area contributed by atoms with E-state index in [1.54, 1.807) is 0 Å². The van der Waals surface area contributed by atoms with Crippen molar-refractivity contribution < 1.29 is 4.42 Å². The van der Waals surface area contributed by atoms with E-state index < -0.39 is 0 Å². The fourth-order valence-electron chi connectivity index (χ4n) is 2.22. The molecule has 0 atom stereocenters. The summed E-state index contributed by atoms with van der Waals surface area (Å²) in [5.74, 6) is 0.810. The monoisotopic (exact) mass is 250 g/mol. The Labute approximate surface area is 105 Å². The van der Waals surface area contributed by atoms with E-state index in [9.17, 15) is 0 Å². The zero-order chi connectivity index (χ0) is 11.8. The fraction of sp³-hybridized carbons (Fsp3) is 0.462. The van der Waals surface area contributed by atoms with Gasteiger partial charge in [0.25, 0.3) is 6.01 Å². The number of anilines is 1. The van der Waals surface area contributed by atoms with Gasteiger partial charge in [-0.15, -0.1) is 0 Å². The molecule has 2 aromatic rings. The smallest absolute Gasteiger partial charge is 0.298 e. The number of oxazole rings is 1. The highest BCUT2D eigenvalue weighted by Crippen LogP contribution is 2.27. The zero-order valence-electron chi connectivity index (χ0n) is 9.82. The number of rotatable bonds is 1. The van der Waals surface area contributed by atoms with Gasteiger partial charge >= 0.3 is 0 Å². The Balaban J connectivity index is 1.90. The minimum absolute atomic E-state index is 0.699. The van der Waals surface area contributed by atoms with Crippen molar-refractivity contribution >= 4 is 28.7 Å². The fourth-order valence-corrected chi connectivity index (χ4v) is 2.39. The molecule has 4 heteroatoms. The van der Waals surface area contributed by atoms with Gasteiger partial charge in [-0.25, -0.2) is 0 Å². The highest BCUT2D eigenvalue weighted by atomic mass is 35.5. The minimum Gasteiger partial charge on any atom is -0.423 e. The van der Waals surface area contributed by atoms with Crippen molar-refractivity contribution in [2.75, 3.05) is 18.0 Å². The van der Waals surface area contributed by atoms with E-state index in [-0.39, 0.29) is 0 Å². The molecule has 0 unspecified atom stereocenters. The third-order valence-electron chi connectivity index (χ3n) is 3.39. The van der Waals surface area contributed by atoms with Crippen LogP contribution in [0.25, 0.3) is 11.1 Å². The number of hydrogen-bond donors (Lipinski definition) is 0. The zero-order valence-corrected chi connectivity index (χ0v) is 10.6. The van der Waals surface area contributed by atoms with Crippen molar-refractivity contribution in [3.8, 4) is 0 Å². The Morgan fingerprint density at radius 3 is 2.88 bits per heavy atom. The number of nitrogens with zero attached hydrogens (tertiary/aromatic N) is 2. The Kier molecular flexibility index (Phi) is 2.71. The molecule has 17 heavy (non-hydrogen) atoms. The Hall–Kier alpha value is -1.22. The summed E-state index contributed by atoms with van der Waals surface area (Å²) < 4.78 is 5.75. The van der Waals surface area contributed by atoms with E-state index in [4.69, 9.17) is 16.0 Å². The summed E-state index contributed by atoms with van der Waals surface area (Å²) >= 11 is 5.94. The normalized spacial score (nSPS) is 17.9. The molecule has 1 saturated heterocycles. The first-order valence-corrected chi connectivity index (χ1v) is 6.41. The molecule has 0 spiro atoms. The first-order valence-electron chi connectivity index (χ1n) is 6.03. The van der Waals surface area contributed by atoms with E-state index in [1.165, 1.54) is 12.8 Å². The van der Waals surface area contributed by atoms with Gasteiger partial charge in [-0.2, -0.15) is 4.98 Å². The highest BCUT2D eigenvalue weighted by molar-refractivity contribution is 6.31. The second-order valence-electron chi connectivity index (χ2n) is 4.78. The summed E-state index contributed by atoms with van der Waals surface area (Å²) in [5, 5.41) is 0.699. The van der Waals surface area contributed by atoms with Crippen molar-refractivity contribution in [3.05, 3.63) is 23.2 Å². The van der Waals surface area contributed by atoms with Crippen LogP contribution in [0.3, 0.4) is 0 Å². The van der Waals surface area contributed by atoms with E-state index >= 15 is 0 Å². The Bertz CT molecular complexity index is 529. The average Bonchev–Trinajstić information content (AvgIpc) is 2.72. The molecule has 0 saturated carbocycles. The van der Waals surface area contributed by atoms with Crippen LogP contribution < -0.4 is 4.90 Å². The summed E-state index contributed by atoms with van der Waals surface area (Å²) in [5.41, 5.74) is 1.65. The van der Waals surface area contributed by atoms with Crippen molar-refractivity contribution in [1.82, 2.24) is 4.98 Å². The molecular weight excluding hydrogens is 236 g/mol. The highest BCUT2D eigenvalue weighted by Gasteiger charge is 2.20. The van der Waals surface area contributed by atoms with Crippen LogP contribution in [0.5, 0.6) is 0 Å². The number of benzene rings is 1. The van der Waals surface area contributed by atoms with E-state index in [0.29, 0.717) is 5.02 Å². The van der Waals surface area contributed by atoms with Gasteiger partial charge in [0.15, 0.2) is 5.58 Å². The molecular formula is C13H15ClN2O. The first kappa shape index (κ1) is 10.9. The van der Waals surface area contributed by atoms with Gasteiger partial charge in [0.1, 0.15) is 5.52 Å². The first-order chi connectivity index (χ1) is 8.22. The van der Waals surface area contributed by atoms with E-state index in [2.05, 4.69) is 16.8 Å². The second kappa shape index (κ2) is 4.22. The van der Waals surface area contributed by atoms with Crippen molar-refractivity contribution in [2.45, 2.75) is 19.8 Å². The Morgan fingerprint density at radius 2 is 2.12 bits per heavy atom. The molecule has 1 aromatic heterocycles. The lowest BCUT2D eigenvalue weighted by Gasteiger charge is -2.28. The topological polar surface area (TPSA) is 29.3 Å². The largest absolute Gasteiger partial charge is 0.423 e. The lowest BCUT2D eigenvalue weighted by atomic mass is 10.00. The molecule has 1 fully saturated rings. The van der Waals surface area contributed by atoms with Crippen molar-refractivity contribution in [3.63, 3.8) is 0 Å². The van der Waals surface area contributed by atoms with Gasteiger partial charge < -0.3 is 9.32 Å². The summed E-state index contributed by atoms with van der Waals surface area (Å²) in [4.78, 5) is 6.71. The maximum atomic E-state index is 5.94. The van der Waals surface area contributed by atoms with Gasteiger partial charge in [0, 0.05) is 18.1 Å². The molecule has 2 heterocycles. The van der Waals surface area contributed by atoms with Crippen molar-refractivity contribution in [1.29, 1.82) is 0 Å². The maximum absolute atomic E-state index is 5.94. The minimum atomic E-state index is 0.699. The van der Waals surface area contributed by atoms with Gasteiger partial charge in [0.2, 0.25) is 0 Å². The summed E-state index contributed by atoms with van der Waals surface area (Å²) in [6.45, 7) is 4.35. The van der Waals surface area contributed by atoms with Crippen LogP contribution >= 0.6 is 11.6 Å². The molecule has 0 amide bonds. The molecule has 1 aromatic carbocycles. The standard InChI is InChI=1S/C13H15ClN2O/c1-9-4-6-16(7-5-9)13-15-11-8-10(14)2-3-12(11)17-13/h2-3,8-9H,4-7H2,1H3. The van der Waals surface area contributed by atoms with Crippen LogP contribution in [-0.2, 0) is 0 Å². The van der Waals surface area contributed by atoms with Crippen LogP contribution in [0.2, 0.25) is 5.02 Å². The van der Waals surface area contributed by atoms with Crippen molar-refractivity contribution in [2.24, 2.45) is 5.92 Å². The molecule has 0 bridgehead atoms. The molecule has 1 aliphatic rings. The van der Waals surface area contributed by atoms with Gasteiger partial charge in [-0.3, -0.25) is 0 Å². The quantitative estimate of drug-likeness (QED) is 0.773. The lowest BCUT2D eigenvalue weighted by molar-refractivity contribution is 0.417. The van der Waals surface area contributed by atoms with E-state index in [0.717, 1.165) is 36.1 Å². The molecule has 90 valence electrons. The molecule has 1 aliphatic heterocycles. The van der Waals surface area contributed by atoms with E-state index in [1.807, 2.05) is 18.2 Å². The summed E-state index contributed by atoms with van der Waals surface area (Å²) in [6, 6.07) is 6.28. The Morgan fingerprint density at radius 1 is 1.35 bits per heavy atom. The lowest BCUT2D eigenvalue weighted by Crippen LogP contribution is -2.32. The van der Waals surface area contributed by atoms with Crippen LogP contribution in [0.15, 0.2) is 22.6 Å². The van der Waals surface area contributed by atoms with Gasteiger partial charge in [0.05, 0.1) is 0 Å². The third kappa shape index (κ3) is 2.12. The van der Waals surface area contributed by atoms with Crippen LogP contribution in [-0.4, -0.2) is 18.1 Å². The second-order valence-corrected chi connectivity index (χ2v) is 5.21. The number of piperidine rings is 1. The molecule has 0 aliphatic carbocycles. The van der Waals surface area contributed by atoms with Gasteiger partial charge in [-0.1, -0.05) is 18.5 Å². The number of aromatic nitrogens is 1. The SMILES string of the molecule is CC1CCN(c2nc3cc(Cl)ccc3o2)CC1. The number of hydrogen-bond acceptors (Lipinski definition) is 3. The van der Waals surface area contributed by atoms with Crippen LogP contribution in [0, 0.1) is 5.92 Å². The predicted octanol–water partition coefficient (Wildman–Crippen LogP) is 3.72. The number of fused-ring (bicyclic) bond motifs is 1. The van der Waals surface area contributed by atoms with Crippen LogP contribution in [0.4, 0.5) is 6.01 Å². The van der Waals surface area contributed by atoms with Crippen LogP contribution in [0.1, 0.15) is 19.8 Å². The van der Waals surface area contributed by atoms with Gasteiger partial charge in [-0.05, 0) is 37.0 Å². The predicted molar refractivity (Wildman–Crippen MR) is 69.6 cm³/mol. The third-order valence-corrected chi connectivity index (χ3v) is 3.63. The molecule has 0 radical (unpaired) electrons.